The fourth-order valence-electron chi connectivity index (χ4n) is 3.87. The third-order valence-corrected chi connectivity index (χ3v) is 5.83. The zero-order valence-electron chi connectivity index (χ0n) is 18.5. The van der Waals surface area contributed by atoms with Crippen LogP contribution in [-0.2, 0) is 12.4 Å². The van der Waals surface area contributed by atoms with Crippen LogP contribution in [0.1, 0.15) is 59.1 Å². The molecule has 34 heavy (non-hydrogen) atoms. The quantitative estimate of drug-likeness (QED) is 0.378. The van der Waals surface area contributed by atoms with Crippen molar-refractivity contribution in [2.75, 3.05) is 0 Å². The maximum absolute atomic E-state index is 13.0. The Bertz CT molecular complexity index is 1010. The van der Waals surface area contributed by atoms with Gasteiger partial charge in [-0.3, -0.25) is 9.98 Å². The van der Waals surface area contributed by atoms with E-state index in [1.165, 1.54) is 26.3 Å². The summed E-state index contributed by atoms with van der Waals surface area (Å²) in [6.07, 6.45) is -4.29. The molecule has 10 heteroatoms. The second-order valence-corrected chi connectivity index (χ2v) is 8.48. The van der Waals surface area contributed by atoms with E-state index in [1.54, 1.807) is 0 Å². The van der Waals surface area contributed by atoms with Gasteiger partial charge < -0.3 is 10.2 Å². The molecule has 2 aromatic carbocycles. The van der Waals surface area contributed by atoms with E-state index >= 15 is 0 Å². The van der Waals surface area contributed by atoms with Crippen molar-refractivity contribution in [3.8, 4) is 11.5 Å². The predicted octanol–water partition coefficient (Wildman–Crippen LogP) is 6.60. The van der Waals surface area contributed by atoms with Gasteiger partial charge in [0.1, 0.15) is 11.5 Å². The fraction of sp³-hybridized carbons (Fsp3) is 0.417. The Morgan fingerprint density at radius 1 is 0.676 bits per heavy atom. The highest BCUT2D eigenvalue weighted by atomic mass is 19.4. The zero-order chi connectivity index (χ0) is 25.3. The summed E-state index contributed by atoms with van der Waals surface area (Å²) in [6, 6.07) is 3.10. The monoisotopic (exact) mass is 486 g/mol. The summed E-state index contributed by atoms with van der Waals surface area (Å²) < 4.78 is 78.2. The van der Waals surface area contributed by atoms with E-state index in [1.807, 2.05) is 0 Å². The van der Waals surface area contributed by atoms with Crippen LogP contribution >= 0.6 is 0 Å². The second kappa shape index (κ2) is 9.68. The second-order valence-electron chi connectivity index (χ2n) is 8.48. The molecule has 1 saturated carbocycles. The molecule has 2 N–H and O–H groups in total. The lowest BCUT2D eigenvalue weighted by Crippen LogP contribution is -2.20. The number of hydrogen-bond acceptors (Lipinski definition) is 4. The highest BCUT2D eigenvalue weighted by molar-refractivity contribution is 5.85. The van der Waals surface area contributed by atoms with Gasteiger partial charge in [-0.15, -0.1) is 0 Å². The summed E-state index contributed by atoms with van der Waals surface area (Å²) in [5.41, 5.74) is -1.55. The molecule has 0 unspecified atom stereocenters. The molecule has 0 bridgehead atoms. The van der Waals surface area contributed by atoms with Gasteiger partial charge in [-0.2, -0.15) is 26.3 Å². The van der Waals surface area contributed by atoms with Gasteiger partial charge in [0.25, 0.3) is 0 Å². The topological polar surface area (TPSA) is 65.2 Å². The molecule has 2 aromatic rings. The van der Waals surface area contributed by atoms with Gasteiger partial charge in [0, 0.05) is 23.6 Å². The molecule has 3 rings (SSSR count). The smallest absolute Gasteiger partial charge is 0.416 e. The van der Waals surface area contributed by atoms with Gasteiger partial charge in [0.2, 0.25) is 0 Å². The van der Waals surface area contributed by atoms with Crippen LogP contribution in [-0.4, -0.2) is 34.7 Å². The standard InChI is InChI=1S/C24H24F6N2O2/c1-13-7-17(23(25,26)27)9-15(21(13)33)11-31-19-3-5-20(6-4-19)32-12-16-10-18(24(28,29)30)8-14(2)22(16)34/h7-12,19-20,33-34H,3-6H2,1-2H3. The average molecular weight is 486 g/mol. The number of aromatic hydroxyl groups is 2. The van der Waals surface area contributed by atoms with Crippen molar-refractivity contribution in [3.63, 3.8) is 0 Å². The van der Waals surface area contributed by atoms with Crippen molar-refractivity contribution in [3.05, 3.63) is 57.6 Å². The minimum absolute atomic E-state index is 0.0112. The Hall–Kier alpha value is -3.04. The van der Waals surface area contributed by atoms with Gasteiger partial charge in [0.15, 0.2) is 0 Å². The summed E-state index contributed by atoms with van der Waals surface area (Å²) in [5.74, 6) is -0.516. The lowest BCUT2D eigenvalue weighted by molar-refractivity contribution is -0.138. The zero-order valence-corrected chi connectivity index (χ0v) is 18.5. The molecule has 1 aliphatic carbocycles. The molecule has 0 saturated heterocycles. The number of rotatable bonds is 4. The largest absolute Gasteiger partial charge is 0.507 e. The predicted molar refractivity (Wildman–Crippen MR) is 117 cm³/mol. The molecule has 0 heterocycles. The van der Waals surface area contributed by atoms with Crippen LogP contribution in [0.25, 0.3) is 0 Å². The lowest BCUT2D eigenvalue weighted by atomic mass is 9.92. The number of phenolic OH excluding ortho intramolecular Hbond substituents is 2. The van der Waals surface area contributed by atoms with Crippen LogP contribution in [0.2, 0.25) is 0 Å². The number of phenols is 2. The van der Waals surface area contributed by atoms with E-state index in [2.05, 4.69) is 9.98 Å². The van der Waals surface area contributed by atoms with E-state index in [0.29, 0.717) is 25.7 Å². The maximum atomic E-state index is 13.0. The molecule has 1 aliphatic rings. The number of aryl methyl sites for hydroxylation is 2. The third kappa shape index (κ3) is 6.09. The van der Waals surface area contributed by atoms with E-state index in [0.717, 1.165) is 24.3 Å². The summed E-state index contributed by atoms with van der Waals surface area (Å²) in [5, 5.41) is 20.2. The van der Waals surface area contributed by atoms with Crippen LogP contribution in [0, 0.1) is 13.8 Å². The van der Waals surface area contributed by atoms with Gasteiger partial charge in [-0.1, -0.05) is 0 Å². The number of halogens is 6. The first kappa shape index (κ1) is 25.6. The van der Waals surface area contributed by atoms with Crippen LogP contribution in [0.5, 0.6) is 11.5 Å². The number of nitrogens with zero attached hydrogens (tertiary/aromatic N) is 2. The molecular weight excluding hydrogens is 462 g/mol. The maximum Gasteiger partial charge on any atom is 0.416 e. The lowest BCUT2D eigenvalue weighted by Gasteiger charge is -2.23. The van der Waals surface area contributed by atoms with E-state index in [9.17, 15) is 36.6 Å². The van der Waals surface area contributed by atoms with Crippen molar-refractivity contribution >= 4 is 12.4 Å². The van der Waals surface area contributed by atoms with Gasteiger partial charge in [0.05, 0.1) is 23.2 Å². The highest BCUT2D eigenvalue weighted by Gasteiger charge is 2.32. The number of benzene rings is 2. The van der Waals surface area contributed by atoms with Crippen LogP contribution in [0.3, 0.4) is 0 Å². The molecule has 0 spiro atoms. The van der Waals surface area contributed by atoms with Crippen molar-refractivity contribution in [1.29, 1.82) is 0 Å². The molecule has 0 aliphatic heterocycles. The molecule has 0 radical (unpaired) electrons. The van der Waals surface area contributed by atoms with Crippen LogP contribution in [0.15, 0.2) is 34.3 Å². The van der Waals surface area contributed by atoms with Crippen LogP contribution < -0.4 is 0 Å². The van der Waals surface area contributed by atoms with E-state index < -0.39 is 23.5 Å². The Labute approximate surface area is 192 Å². The van der Waals surface area contributed by atoms with Crippen molar-refractivity contribution < 1.29 is 36.6 Å². The Morgan fingerprint density at radius 2 is 1.00 bits per heavy atom. The first-order valence-electron chi connectivity index (χ1n) is 10.6. The summed E-state index contributed by atoms with van der Waals surface area (Å²) >= 11 is 0. The van der Waals surface area contributed by atoms with Crippen LogP contribution in [0.4, 0.5) is 26.3 Å². The van der Waals surface area contributed by atoms with Gasteiger partial charge in [-0.05, 0) is 74.9 Å². The minimum Gasteiger partial charge on any atom is -0.507 e. The minimum atomic E-state index is -4.54. The average Bonchev–Trinajstić information content (AvgIpc) is 2.74. The Balaban J connectivity index is 1.66. The summed E-state index contributed by atoms with van der Waals surface area (Å²) in [4.78, 5) is 8.65. The summed E-state index contributed by atoms with van der Waals surface area (Å²) in [7, 11) is 0. The van der Waals surface area contributed by atoms with Crippen molar-refractivity contribution in [2.24, 2.45) is 9.98 Å². The number of alkyl halides is 6. The first-order chi connectivity index (χ1) is 15.8. The molecule has 0 aromatic heterocycles. The van der Waals surface area contributed by atoms with Gasteiger partial charge in [-0.25, -0.2) is 0 Å². The molecule has 0 atom stereocenters. The number of hydrogen-bond donors (Lipinski definition) is 2. The first-order valence-corrected chi connectivity index (χ1v) is 10.6. The Morgan fingerprint density at radius 3 is 1.29 bits per heavy atom. The highest BCUT2D eigenvalue weighted by Crippen LogP contribution is 2.35. The normalized spacial score (nSPS) is 19.9. The summed E-state index contributed by atoms with van der Waals surface area (Å²) in [6.45, 7) is 2.77. The molecule has 184 valence electrons. The molecule has 4 nitrogen and oxygen atoms in total. The van der Waals surface area contributed by atoms with Crippen molar-refractivity contribution in [2.45, 2.75) is 64.0 Å². The van der Waals surface area contributed by atoms with E-state index in [4.69, 9.17) is 0 Å². The van der Waals surface area contributed by atoms with E-state index in [-0.39, 0.29) is 45.8 Å². The molecular formula is C24H24F6N2O2. The molecule has 1 fully saturated rings. The Kier molecular flexibility index (Phi) is 7.28. The number of aliphatic imine (C=N–C) groups is 2. The fourth-order valence-corrected chi connectivity index (χ4v) is 3.87. The van der Waals surface area contributed by atoms with Gasteiger partial charge >= 0.3 is 12.4 Å². The van der Waals surface area contributed by atoms with Crippen molar-refractivity contribution in [1.82, 2.24) is 0 Å². The third-order valence-electron chi connectivity index (χ3n) is 5.83. The molecule has 0 amide bonds. The SMILES string of the molecule is Cc1cc(C(F)(F)F)cc(C=NC2CCC(N=Cc3cc(C(F)(F)F)cc(C)c3O)CC2)c1O.